The summed E-state index contributed by atoms with van der Waals surface area (Å²) in [5.74, 6) is 1.07. The first kappa shape index (κ1) is 17.9. The fraction of sp³-hybridized carbons (Fsp3) is 0.200. The summed E-state index contributed by atoms with van der Waals surface area (Å²) in [5.41, 5.74) is 1.78. The second-order valence-corrected chi connectivity index (χ2v) is 7.90. The number of nitrogens with zero attached hydrogens (tertiary/aromatic N) is 2. The molecule has 0 fully saturated rings. The third-order valence-corrected chi connectivity index (χ3v) is 5.46. The predicted molar refractivity (Wildman–Crippen MR) is 108 cm³/mol. The van der Waals surface area contributed by atoms with Gasteiger partial charge >= 0.3 is 0 Å². The fourth-order valence-electron chi connectivity index (χ4n) is 2.89. The third-order valence-electron chi connectivity index (χ3n) is 4.21. The van der Waals surface area contributed by atoms with Gasteiger partial charge in [-0.25, -0.2) is 14.4 Å². The molecule has 0 spiro atoms. The predicted octanol–water partition coefficient (Wildman–Crippen LogP) is 6.10. The van der Waals surface area contributed by atoms with Crippen LogP contribution in [-0.2, 0) is 6.42 Å². The number of aryl methyl sites for hydroxylation is 2. The SMILES string of the molecule is Cc1cc2c(NCCCc3ccc(Cl)c(F)c3)nc(-c3ccoc3)nc2s1. The highest BCUT2D eigenvalue weighted by Gasteiger charge is 2.12. The monoisotopic (exact) mass is 401 g/mol. The molecule has 0 aliphatic heterocycles. The number of hydrogen-bond donors (Lipinski definition) is 1. The van der Waals surface area contributed by atoms with Gasteiger partial charge in [0.1, 0.15) is 22.7 Å². The van der Waals surface area contributed by atoms with E-state index < -0.39 is 0 Å². The molecule has 0 unspecified atom stereocenters. The Hall–Kier alpha value is -2.44. The van der Waals surface area contributed by atoms with E-state index >= 15 is 0 Å². The van der Waals surface area contributed by atoms with Crippen LogP contribution in [0.3, 0.4) is 0 Å². The maximum absolute atomic E-state index is 13.5. The largest absolute Gasteiger partial charge is 0.472 e. The number of benzene rings is 1. The number of halogens is 2. The summed E-state index contributed by atoms with van der Waals surface area (Å²) in [6.07, 6.45) is 4.85. The average molecular weight is 402 g/mol. The molecular weight excluding hydrogens is 385 g/mol. The van der Waals surface area contributed by atoms with Crippen LogP contribution in [-0.4, -0.2) is 16.5 Å². The molecule has 138 valence electrons. The first-order valence-corrected chi connectivity index (χ1v) is 9.78. The van der Waals surface area contributed by atoms with Crippen molar-refractivity contribution in [2.75, 3.05) is 11.9 Å². The zero-order valence-electron chi connectivity index (χ0n) is 14.6. The minimum Gasteiger partial charge on any atom is -0.472 e. The zero-order valence-corrected chi connectivity index (χ0v) is 16.2. The van der Waals surface area contributed by atoms with Gasteiger partial charge in [0.25, 0.3) is 0 Å². The summed E-state index contributed by atoms with van der Waals surface area (Å²) >= 11 is 7.37. The number of aromatic nitrogens is 2. The number of thiophene rings is 1. The van der Waals surface area contributed by atoms with Crippen molar-refractivity contribution in [2.24, 2.45) is 0 Å². The minimum absolute atomic E-state index is 0.153. The molecule has 0 aliphatic carbocycles. The highest BCUT2D eigenvalue weighted by atomic mass is 35.5. The lowest BCUT2D eigenvalue weighted by Gasteiger charge is -2.09. The van der Waals surface area contributed by atoms with Crippen LogP contribution in [0.4, 0.5) is 10.2 Å². The zero-order chi connectivity index (χ0) is 18.8. The van der Waals surface area contributed by atoms with E-state index in [4.69, 9.17) is 16.0 Å². The lowest BCUT2D eigenvalue weighted by Crippen LogP contribution is -2.06. The maximum atomic E-state index is 13.5. The van der Waals surface area contributed by atoms with Crippen molar-refractivity contribution in [3.8, 4) is 11.4 Å². The van der Waals surface area contributed by atoms with E-state index in [0.717, 1.165) is 46.5 Å². The van der Waals surface area contributed by atoms with Gasteiger partial charge < -0.3 is 9.73 Å². The van der Waals surface area contributed by atoms with Gasteiger partial charge in [0.15, 0.2) is 5.82 Å². The van der Waals surface area contributed by atoms with Crippen molar-refractivity contribution in [3.63, 3.8) is 0 Å². The number of nitrogens with one attached hydrogen (secondary N) is 1. The van der Waals surface area contributed by atoms with E-state index in [2.05, 4.69) is 28.3 Å². The number of anilines is 1. The standard InChI is InChI=1S/C20H17ClFN3OS/c1-12-9-15-19(23-7-2-3-13-4-5-16(21)17(22)10-13)24-18(25-20(15)27-12)14-6-8-26-11-14/h4-6,8-11H,2-3,7H2,1H3,(H,23,24,25). The van der Waals surface area contributed by atoms with Crippen molar-refractivity contribution in [1.82, 2.24) is 9.97 Å². The molecule has 0 atom stereocenters. The summed E-state index contributed by atoms with van der Waals surface area (Å²) < 4.78 is 18.7. The lowest BCUT2D eigenvalue weighted by molar-refractivity contribution is 0.568. The molecule has 0 radical (unpaired) electrons. The van der Waals surface area contributed by atoms with Crippen molar-refractivity contribution < 1.29 is 8.81 Å². The normalized spacial score (nSPS) is 11.2. The topological polar surface area (TPSA) is 51.0 Å². The van der Waals surface area contributed by atoms with Gasteiger partial charge in [-0.2, -0.15) is 0 Å². The number of hydrogen-bond acceptors (Lipinski definition) is 5. The Morgan fingerprint density at radius 2 is 2.11 bits per heavy atom. The van der Waals surface area contributed by atoms with Crippen LogP contribution in [0, 0.1) is 12.7 Å². The first-order chi connectivity index (χ1) is 13.1. The van der Waals surface area contributed by atoms with Crippen LogP contribution in [0.15, 0.2) is 47.3 Å². The highest BCUT2D eigenvalue weighted by molar-refractivity contribution is 7.18. The molecule has 7 heteroatoms. The van der Waals surface area contributed by atoms with Crippen molar-refractivity contribution in [2.45, 2.75) is 19.8 Å². The van der Waals surface area contributed by atoms with Crippen molar-refractivity contribution in [1.29, 1.82) is 0 Å². The lowest BCUT2D eigenvalue weighted by atomic mass is 10.1. The molecule has 3 aromatic heterocycles. The molecule has 4 nitrogen and oxygen atoms in total. The second-order valence-electron chi connectivity index (χ2n) is 6.26. The molecule has 3 heterocycles. The average Bonchev–Trinajstić information content (AvgIpc) is 3.30. The second kappa shape index (κ2) is 7.66. The summed E-state index contributed by atoms with van der Waals surface area (Å²) in [6, 6.07) is 8.88. The van der Waals surface area contributed by atoms with E-state index in [9.17, 15) is 4.39 Å². The van der Waals surface area contributed by atoms with Crippen LogP contribution < -0.4 is 5.32 Å². The van der Waals surface area contributed by atoms with Crippen molar-refractivity contribution in [3.05, 3.63) is 64.1 Å². The summed E-state index contributed by atoms with van der Waals surface area (Å²) in [5, 5.41) is 4.57. The van der Waals surface area contributed by atoms with Gasteiger partial charge in [0.05, 0.1) is 22.2 Å². The quantitative estimate of drug-likeness (QED) is 0.397. The van der Waals surface area contributed by atoms with Gasteiger partial charge in [0, 0.05) is 11.4 Å². The van der Waals surface area contributed by atoms with Crippen molar-refractivity contribution >= 4 is 39.0 Å². The molecule has 0 aliphatic rings. The molecule has 27 heavy (non-hydrogen) atoms. The highest BCUT2D eigenvalue weighted by Crippen LogP contribution is 2.31. The summed E-state index contributed by atoms with van der Waals surface area (Å²) in [7, 11) is 0. The molecule has 0 saturated heterocycles. The Morgan fingerprint density at radius 1 is 1.22 bits per heavy atom. The maximum Gasteiger partial charge on any atom is 0.166 e. The van der Waals surface area contributed by atoms with E-state index in [1.165, 1.54) is 10.9 Å². The van der Waals surface area contributed by atoms with Gasteiger partial charge in [-0.3, -0.25) is 0 Å². The smallest absolute Gasteiger partial charge is 0.166 e. The van der Waals surface area contributed by atoms with Crippen LogP contribution in [0.5, 0.6) is 0 Å². The van der Waals surface area contributed by atoms with E-state index in [0.29, 0.717) is 5.82 Å². The van der Waals surface area contributed by atoms with Crippen LogP contribution in [0.1, 0.15) is 16.9 Å². The number of furan rings is 1. The van der Waals surface area contributed by atoms with E-state index in [1.54, 1.807) is 29.9 Å². The molecule has 4 rings (SSSR count). The van der Waals surface area contributed by atoms with Gasteiger partial charge in [-0.15, -0.1) is 11.3 Å². The summed E-state index contributed by atoms with van der Waals surface area (Å²) in [4.78, 5) is 11.4. The molecular formula is C20H17ClFN3OS. The molecule has 0 bridgehead atoms. The van der Waals surface area contributed by atoms with E-state index in [1.807, 2.05) is 12.1 Å². The van der Waals surface area contributed by atoms with Gasteiger partial charge in [-0.1, -0.05) is 17.7 Å². The number of fused-ring (bicyclic) bond motifs is 1. The third kappa shape index (κ3) is 3.96. The van der Waals surface area contributed by atoms with Crippen LogP contribution in [0.25, 0.3) is 21.6 Å². The minimum atomic E-state index is -0.377. The Kier molecular flexibility index (Phi) is 5.09. The van der Waals surface area contributed by atoms with Gasteiger partial charge in [0.2, 0.25) is 0 Å². The Morgan fingerprint density at radius 3 is 2.89 bits per heavy atom. The number of rotatable bonds is 6. The fourth-order valence-corrected chi connectivity index (χ4v) is 3.89. The molecule has 0 saturated carbocycles. The molecule has 0 amide bonds. The Labute approximate surface area is 165 Å². The van der Waals surface area contributed by atoms with Crippen LogP contribution >= 0.6 is 22.9 Å². The first-order valence-electron chi connectivity index (χ1n) is 8.59. The molecule has 1 aromatic carbocycles. The van der Waals surface area contributed by atoms with Crippen LogP contribution in [0.2, 0.25) is 5.02 Å². The molecule has 4 aromatic rings. The Bertz CT molecular complexity index is 1080. The molecule has 1 N–H and O–H groups in total. The Balaban J connectivity index is 1.50. The van der Waals surface area contributed by atoms with Gasteiger partial charge in [-0.05, 0) is 49.6 Å². The van der Waals surface area contributed by atoms with E-state index in [-0.39, 0.29) is 10.8 Å². The summed E-state index contributed by atoms with van der Waals surface area (Å²) in [6.45, 7) is 2.78.